The van der Waals surface area contributed by atoms with E-state index < -0.39 is 5.79 Å². The maximum Gasteiger partial charge on any atom is 0.189 e. The second-order valence-corrected chi connectivity index (χ2v) is 2.87. The van der Waals surface area contributed by atoms with Crippen LogP contribution in [0.5, 0.6) is 0 Å². The lowest BCUT2D eigenvalue weighted by Gasteiger charge is -2.36. The van der Waals surface area contributed by atoms with Crippen molar-refractivity contribution >= 4 is 0 Å². The van der Waals surface area contributed by atoms with Crippen LogP contribution in [0, 0.1) is 0 Å². The predicted octanol–water partition coefficient (Wildman–Crippen LogP) is 2.11. The standard InChI is InChI=1S/C9H16O2/c1-4-9(10-3)8(2)6-5-7-11-9/h2,4-7H2,1,3H3/t9-/m1/s1. The molecule has 1 fully saturated rings. The molecule has 0 aromatic carbocycles. The van der Waals surface area contributed by atoms with Crippen LogP contribution in [0.25, 0.3) is 0 Å². The summed E-state index contributed by atoms with van der Waals surface area (Å²) in [6, 6.07) is 0. The van der Waals surface area contributed by atoms with E-state index >= 15 is 0 Å². The Morgan fingerprint density at radius 1 is 1.73 bits per heavy atom. The molecule has 2 nitrogen and oxygen atoms in total. The minimum atomic E-state index is -0.474. The molecular formula is C9H16O2. The van der Waals surface area contributed by atoms with Gasteiger partial charge in [-0.3, -0.25) is 0 Å². The number of methoxy groups -OCH3 is 1. The molecule has 0 aromatic rings. The number of rotatable bonds is 2. The fourth-order valence-corrected chi connectivity index (χ4v) is 1.51. The molecule has 1 atom stereocenters. The Kier molecular flexibility index (Phi) is 2.68. The van der Waals surface area contributed by atoms with Crippen LogP contribution in [0.3, 0.4) is 0 Å². The first-order valence-corrected chi connectivity index (χ1v) is 4.12. The first-order chi connectivity index (χ1) is 5.25. The zero-order chi connectivity index (χ0) is 8.32. The van der Waals surface area contributed by atoms with Gasteiger partial charge in [0.15, 0.2) is 5.79 Å². The van der Waals surface area contributed by atoms with Gasteiger partial charge in [-0.1, -0.05) is 13.5 Å². The molecule has 1 rings (SSSR count). The normalized spacial score (nSPS) is 32.4. The summed E-state index contributed by atoms with van der Waals surface area (Å²) in [5, 5.41) is 0. The zero-order valence-electron chi connectivity index (χ0n) is 7.35. The fourth-order valence-electron chi connectivity index (χ4n) is 1.51. The third-order valence-electron chi connectivity index (χ3n) is 2.29. The molecule has 0 unspecified atom stereocenters. The van der Waals surface area contributed by atoms with E-state index in [0.717, 1.165) is 31.4 Å². The Hall–Kier alpha value is -0.340. The molecule has 1 heterocycles. The van der Waals surface area contributed by atoms with E-state index in [2.05, 4.69) is 13.5 Å². The monoisotopic (exact) mass is 156 g/mol. The van der Waals surface area contributed by atoms with Crippen molar-refractivity contribution < 1.29 is 9.47 Å². The molecule has 0 amide bonds. The largest absolute Gasteiger partial charge is 0.349 e. The van der Waals surface area contributed by atoms with Crippen LogP contribution in [-0.2, 0) is 9.47 Å². The second-order valence-electron chi connectivity index (χ2n) is 2.87. The molecule has 1 aliphatic rings. The van der Waals surface area contributed by atoms with Crippen LogP contribution in [0.1, 0.15) is 26.2 Å². The zero-order valence-corrected chi connectivity index (χ0v) is 7.35. The summed E-state index contributed by atoms with van der Waals surface area (Å²) < 4.78 is 10.9. The van der Waals surface area contributed by atoms with E-state index in [1.165, 1.54) is 0 Å². The molecule has 11 heavy (non-hydrogen) atoms. The Bertz CT molecular complexity index is 148. The van der Waals surface area contributed by atoms with Crippen molar-refractivity contribution in [2.75, 3.05) is 13.7 Å². The van der Waals surface area contributed by atoms with E-state index in [1.54, 1.807) is 7.11 Å². The summed E-state index contributed by atoms with van der Waals surface area (Å²) in [6.45, 7) is 6.81. The molecule has 0 N–H and O–H groups in total. The minimum absolute atomic E-state index is 0.474. The van der Waals surface area contributed by atoms with Crippen LogP contribution in [-0.4, -0.2) is 19.5 Å². The van der Waals surface area contributed by atoms with Crippen molar-refractivity contribution in [3.63, 3.8) is 0 Å². The smallest absolute Gasteiger partial charge is 0.189 e. The van der Waals surface area contributed by atoms with Gasteiger partial charge in [0, 0.05) is 13.5 Å². The Labute approximate surface area is 68.2 Å². The van der Waals surface area contributed by atoms with Gasteiger partial charge in [-0.2, -0.15) is 0 Å². The third-order valence-corrected chi connectivity index (χ3v) is 2.29. The van der Waals surface area contributed by atoms with Crippen molar-refractivity contribution in [1.82, 2.24) is 0 Å². The van der Waals surface area contributed by atoms with Gasteiger partial charge in [0.1, 0.15) is 0 Å². The molecule has 64 valence electrons. The molecule has 0 saturated carbocycles. The van der Waals surface area contributed by atoms with Crippen molar-refractivity contribution in [3.05, 3.63) is 12.2 Å². The summed E-state index contributed by atoms with van der Waals surface area (Å²) in [7, 11) is 1.68. The Balaban J connectivity index is 2.69. The van der Waals surface area contributed by atoms with Crippen LogP contribution in [0.15, 0.2) is 12.2 Å². The highest BCUT2D eigenvalue weighted by molar-refractivity contribution is 5.10. The lowest BCUT2D eigenvalue weighted by atomic mass is 9.97. The molecular weight excluding hydrogens is 140 g/mol. The summed E-state index contributed by atoms with van der Waals surface area (Å²) in [5.74, 6) is -0.474. The van der Waals surface area contributed by atoms with Crippen molar-refractivity contribution in [3.8, 4) is 0 Å². The molecule has 1 aliphatic heterocycles. The van der Waals surface area contributed by atoms with Crippen LogP contribution < -0.4 is 0 Å². The summed E-state index contributed by atoms with van der Waals surface area (Å²) in [6.07, 6.45) is 2.95. The average molecular weight is 156 g/mol. The molecule has 0 aliphatic carbocycles. The van der Waals surface area contributed by atoms with E-state index in [-0.39, 0.29) is 0 Å². The fraction of sp³-hybridized carbons (Fsp3) is 0.778. The van der Waals surface area contributed by atoms with Gasteiger partial charge in [-0.25, -0.2) is 0 Å². The van der Waals surface area contributed by atoms with Crippen LogP contribution >= 0.6 is 0 Å². The molecule has 0 radical (unpaired) electrons. The van der Waals surface area contributed by atoms with E-state index in [4.69, 9.17) is 9.47 Å². The predicted molar refractivity (Wildman–Crippen MR) is 44.4 cm³/mol. The van der Waals surface area contributed by atoms with Gasteiger partial charge < -0.3 is 9.47 Å². The van der Waals surface area contributed by atoms with Crippen molar-refractivity contribution in [2.45, 2.75) is 32.0 Å². The first-order valence-electron chi connectivity index (χ1n) is 4.12. The molecule has 1 saturated heterocycles. The molecule has 0 bridgehead atoms. The third kappa shape index (κ3) is 1.47. The summed E-state index contributed by atoms with van der Waals surface area (Å²) in [5.41, 5.74) is 1.08. The SMILES string of the molecule is C=C1CCCO[C@@]1(CC)OC. The van der Waals surface area contributed by atoms with Crippen LogP contribution in [0.4, 0.5) is 0 Å². The Morgan fingerprint density at radius 3 is 2.82 bits per heavy atom. The Morgan fingerprint density at radius 2 is 2.45 bits per heavy atom. The highest BCUT2D eigenvalue weighted by Crippen LogP contribution is 2.32. The van der Waals surface area contributed by atoms with Crippen molar-refractivity contribution in [2.24, 2.45) is 0 Å². The maximum absolute atomic E-state index is 5.55. The number of ether oxygens (including phenoxy) is 2. The average Bonchev–Trinajstić information content (AvgIpc) is 2.06. The van der Waals surface area contributed by atoms with E-state index in [9.17, 15) is 0 Å². The van der Waals surface area contributed by atoms with Crippen LogP contribution in [0.2, 0.25) is 0 Å². The topological polar surface area (TPSA) is 18.5 Å². The molecule has 0 spiro atoms. The van der Waals surface area contributed by atoms with Gasteiger partial charge >= 0.3 is 0 Å². The minimum Gasteiger partial charge on any atom is -0.349 e. The van der Waals surface area contributed by atoms with Crippen molar-refractivity contribution in [1.29, 1.82) is 0 Å². The summed E-state index contributed by atoms with van der Waals surface area (Å²) in [4.78, 5) is 0. The highest BCUT2D eigenvalue weighted by atomic mass is 16.7. The number of hydrogen-bond donors (Lipinski definition) is 0. The lowest BCUT2D eigenvalue weighted by Crippen LogP contribution is -2.39. The molecule has 0 aromatic heterocycles. The lowest BCUT2D eigenvalue weighted by molar-refractivity contribution is -0.209. The van der Waals surface area contributed by atoms with E-state index in [0.29, 0.717) is 0 Å². The van der Waals surface area contributed by atoms with Gasteiger partial charge in [0.05, 0.1) is 6.61 Å². The van der Waals surface area contributed by atoms with E-state index in [1.807, 2.05) is 0 Å². The summed E-state index contributed by atoms with van der Waals surface area (Å²) >= 11 is 0. The van der Waals surface area contributed by atoms with Gasteiger partial charge in [0.25, 0.3) is 0 Å². The second kappa shape index (κ2) is 3.37. The molecule has 2 heteroatoms. The number of hydrogen-bond acceptors (Lipinski definition) is 2. The van der Waals surface area contributed by atoms with Gasteiger partial charge in [-0.05, 0) is 18.4 Å². The maximum atomic E-state index is 5.55. The van der Waals surface area contributed by atoms with Gasteiger partial charge in [0.2, 0.25) is 0 Å². The first kappa shape index (κ1) is 8.75. The highest BCUT2D eigenvalue weighted by Gasteiger charge is 2.34. The van der Waals surface area contributed by atoms with Gasteiger partial charge in [-0.15, -0.1) is 0 Å². The quantitative estimate of drug-likeness (QED) is 0.570.